The number of nitrogens with zero attached hydrogens (tertiary/aromatic N) is 5. The zero-order chi connectivity index (χ0) is 21.4. The first-order valence-electron chi connectivity index (χ1n) is 10.7. The Morgan fingerprint density at radius 2 is 2.03 bits per heavy atom. The Morgan fingerprint density at radius 1 is 1.23 bits per heavy atom. The first-order chi connectivity index (χ1) is 14.5. The van der Waals surface area contributed by atoms with Crippen LogP contribution in [0.25, 0.3) is 11.0 Å². The largest absolute Gasteiger partial charge is 0.374 e. The second-order valence-electron chi connectivity index (χ2n) is 7.98. The van der Waals surface area contributed by atoms with Crippen LogP contribution >= 0.6 is 11.6 Å². The summed E-state index contributed by atoms with van der Waals surface area (Å²) in [6, 6.07) is 6.17. The zero-order valence-electron chi connectivity index (χ0n) is 18.4. The van der Waals surface area contributed by atoms with Crippen LogP contribution in [0.1, 0.15) is 43.9 Å². The Morgan fingerprint density at radius 3 is 2.70 bits per heavy atom. The maximum absolute atomic E-state index is 6.60. The number of hydrogen-bond acceptors (Lipinski definition) is 5. The molecular formula is C23H30ClN5O. The van der Waals surface area contributed by atoms with Gasteiger partial charge in [-0.2, -0.15) is 0 Å². The van der Waals surface area contributed by atoms with E-state index in [2.05, 4.69) is 40.4 Å². The van der Waals surface area contributed by atoms with Crippen LogP contribution in [0.15, 0.2) is 24.4 Å². The van der Waals surface area contributed by atoms with Gasteiger partial charge < -0.3 is 19.1 Å². The van der Waals surface area contributed by atoms with Crippen molar-refractivity contribution in [1.82, 2.24) is 14.5 Å². The molecule has 3 heterocycles. The topological polar surface area (TPSA) is 46.4 Å². The van der Waals surface area contributed by atoms with Crippen molar-refractivity contribution in [2.24, 2.45) is 0 Å². The molecule has 1 atom stereocenters. The van der Waals surface area contributed by atoms with E-state index in [9.17, 15) is 0 Å². The fourth-order valence-corrected chi connectivity index (χ4v) is 4.50. The zero-order valence-corrected chi connectivity index (χ0v) is 19.2. The van der Waals surface area contributed by atoms with Crippen LogP contribution in [0.4, 0.5) is 17.5 Å². The predicted octanol–water partition coefficient (Wildman–Crippen LogP) is 5.49. The van der Waals surface area contributed by atoms with E-state index in [1.54, 1.807) is 0 Å². The number of ether oxygens (including phenoxy) is 1. The molecule has 0 saturated heterocycles. The minimum Gasteiger partial charge on any atom is -0.374 e. The molecule has 7 heteroatoms. The van der Waals surface area contributed by atoms with Crippen LogP contribution in [0.3, 0.4) is 0 Å². The van der Waals surface area contributed by atoms with Crippen LogP contribution < -0.4 is 9.80 Å². The summed E-state index contributed by atoms with van der Waals surface area (Å²) in [6.45, 7) is 8.83. The quantitative estimate of drug-likeness (QED) is 0.520. The van der Waals surface area contributed by atoms with Crippen molar-refractivity contribution in [1.29, 1.82) is 0 Å². The van der Waals surface area contributed by atoms with Crippen LogP contribution in [0.2, 0.25) is 5.02 Å². The summed E-state index contributed by atoms with van der Waals surface area (Å²) >= 11 is 6.60. The third-order valence-corrected chi connectivity index (χ3v) is 6.07. The van der Waals surface area contributed by atoms with Crippen LogP contribution in [-0.2, 0) is 11.3 Å². The summed E-state index contributed by atoms with van der Waals surface area (Å²) < 4.78 is 8.35. The molecule has 0 amide bonds. The smallest absolute Gasteiger partial charge is 0.211 e. The molecule has 0 fully saturated rings. The number of rotatable bonds is 6. The van der Waals surface area contributed by atoms with E-state index in [-0.39, 0.29) is 6.10 Å². The monoisotopic (exact) mass is 427 g/mol. The summed E-state index contributed by atoms with van der Waals surface area (Å²) in [5, 5.41) is 0.680. The minimum atomic E-state index is 0.0359. The molecule has 4 rings (SSSR count). The number of pyridine rings is 1. The van der Waals surface area contributed by atoms with Gasteiger partial charge in [0, 0.05) is 39.4 Å². The molecule has 0 spiro atoms. The van der Waals surface area contributed by atoms with Gasteiger partial charge in [0.25, 0.3) is 0 Å². The molecule has 160 valence electrons. The molecule has 1 aliphatic rings. The number of anilines is 3. The highest BCUT2D eigenvalue weighted by molar-refractivity contribution is 6.35. The molecule has 6 nitrogen and oxygen atoms in total. The molecule has 0 bridgehead atoms. The SMILES string of the molecule is CCOC(CC)c1ccc(Cl)c2nc3n(c12)CCCN3c1cnc(N(C)C)cc1C. The van der Waals surface area contributed by atoms with Gasteiger partial charge in [-0.1, -0.05) is 24.6 Å². The fourth-order valence-electron chi connectivity index (χ4n) is 4.30. The van der Waals surface area contributed by atoms with Gasteiger partial charge in [0.05, 0.1) is 28.5 Å². The van der Waals surface area contributed by atoms with E-state index in [0.29, 0.717) is 11.6 Å². The lowest BCUT2D eigenvalue weighted by atomic mass is 10.0. The van der Waals surface area contributed by atoms with E-state index in [0.717, 1.165) is 60.0 Å². The number of imidazole rings is 1. The average Bonchev–Trinajstić information content (AvgIpc) is 3.13. The van der Waals surface area contributed by atoms with Crippen molar-refractivity contribution in [3.05, 3.63) is 40.5 Å². The molecule has 30 heavy (non-hydrogen) atoms. The third-order valence-electron chi connectivity index (χ3n) is 5.76. The van der Waals surface area contributed by atoms with Crippen molar-refractivity contribution in [2.75, 3.05) is 37.0 Å². The summed E-state index contributed by atoms with van der Waals surface area (Å²) in [7, 11) is 4.02. The molecule has 3 aromatic rings. The highest BCUT2D eigenvalue weighted by Gasteiger charge is 2.28. The number of aryl methyl sites for hydroxylation is 2. The Hall–Kier alpha value is -2.31. The number of aromatic nitrogens is 3. The molecule has 0 N–H and O–H groups in total. The lowest BCUT2D eigenvalue weighted by Gasteiger charge is -2.31. The molecule has 1 aliphatic heterocycles. The van der Waals surface area contributed by atoms with Crippen LogP contribution in [0.5, 0.6) is 0 Å². The Kier molecular flexibility index (Phi) is 5.89. The standard InChI is InChI=1S/C23H30ClN5O/c1-6-19(30-7-2)16-9-10-17(24)21-22(16)29-12-8-11-28(23(29)26-21)18-14-25-20(27(4)5)13-15(18)3/h9-10,13-14,19H,6-8,11-12H2,1-5H3. The van der Waals surface area contributed by atoms with Crippen LogP contribution in [0, 0.1) is 6.92 Å². The van der Waals surface area contributed by atoms with E-state index in [1.165, 1.54) is 5.56 Å². The van der Waals surface area contributed by atoms with Crippen molar-refractivity contribution in [2.45, 2.75) is 46.3 Å². The highest BCUT2D eigenvalue weighted by atomic mass is 35.5. The van der Waals surface area contributed by atoms with E-state index in [1.807, 2.05) is 38.2 Å². The van der Waals surface area contributed by atoms with Gasteiger partial charge >= 0.3 is 0 Å². The number of fused-ring (bicyclic) bond motifs is 3. The van der Waals surface area contributed by atoms with Gasteiger partial charge in [-0.05, 0) is 44.4 Å². The number of benzene rings is 1. The predicted molar refractivity (Wildman–Crippen MR) is 124 cm³/mol. The maximum Gasteiger partial charge on any atom is 0.211 e. The molecule has 1 unspecified atom stereocenters. The Bertz CT molecular complexity index is 1060. The highest BCUT2D eigenvalue weighted by Crippen LogP contribution is 2.39. The summed E-state index contributed by atoms with van der Waals surface area (Å²) in [4.78, 5) is 13.9. The van der Waals surface area contributed by atoms with Gasteiger partial charge in [-0.15, -0.1) is 0 Å². The maximum atomic E-state index is 6.60. The molecule has 0 aliphatic carbocycles. The van der Waals surface area contributed by atoms with Gasteiger partial charge in [0.1, 0.15) is 11.3 Å². The average molecular weight is 428 g/mol. The van der Waals surface area contributed by atoms with E-state index < -0.39 is 0 Å². The van der Waals surface area contributed by atoms with Gasteiger partial charge in [-0.25, -0.2) is 9.97 Å². The molecule has 1 aromatic carbocycles. The summed E-state index contributed by atoms with van der Waals surface area (Å²) in [6.07, 6.45) is 3.93. The first-order valence-corrected chi connectivity index (χ1v) is 11.1. The van der Waals surface area contributed by atoms with E-state index >= 15 is 0 Å². The molecule has 0 radical (unpaired) electrons. The number of hydrogen-bond donors (Lipinski definition) is 0. The number of halogens is 1. The second kappa shape index (κ2) is 8.44. The van der Waals surface area contributed by atoms with Crippen molar-refractivity contribution < 1.29 is 4.74 Å². The molecular weight excluding hydrogens is 398 g/mol. The van der Waals surface area contributed by atoms with Crippen molar-refractivity contribution in [3.8, 4) is 0 Å². The first kappa shape index (κ1) is 20.9. The molecule has 0 saturated carbocycles. The van der Waals surface area contributed by atoms with Crippen molar-refractivity contribution in [3.63, 3.8) is 0 Å². The second-order valence-corrected chi connectivity index (χ2v) is 8.39. The fraction of sp³-hybridized carbons (Fsp3) is 0.478. The van der Waals surface area contributed by atoms with Gasteiger partial charge in [0.2, 0.25) is 5.95 Å². The van der Waals surface area contributed by atoms with Gasteiger partial charge in [0.15, 0.2) is 0 Å². The minimum absolute atomic E-state index is 0.0359. The lowest BCUT2D eigenvalue weighted by molar-refractivity contribution is 0.0606. The van der Waals surface area contributed by atoms with Crippen LogP contribution in [-0.4, -0.2) is 41.8 Å². The third kappa shape index (κ3) is 3.52. The normalized spacial score (nSPS) is 14.8. The van der Waals surface area contributed by atoms with Crippen molar-refractivity contribution >= 4 is 40.1 Å². The summed E-state index contributed by atoms with van der Waals surface area (Å²) in [5.41, 5.74) is 5.38. The Labute approximate surface area is 183 Å². The van der Waals surface area contributed by atoms with E-state index in [4.69, 9.17) is 21.3 Å². The lowest BCUT2D eigenvalue weighted by Crippen LogP contribution is -2.29. The summed E-state index contributed by atoms with van der Waals surface area (Å²) in [5.74, 6) is 1.88. The molecule has 2 aromatic heterocycles. The van der Waals surface area contributed by atoms with Gasteiger partial charge in [-0.3, -0.25) is 0 Å². The Balaban J connectivity index is 1.87.